The Morgan fingerprint density at radius 2 is 2.11 bits per heavy atom. The van der Waals surface area contributed by atoms with Crippen LogP contribution in [0.1, 0.15) is 39.2 Å². The lowest BCUT2D eigenvalue weighted by atomic mass is 9.76. The van der Waals surface area contributed by atoms with Gasteiger partial charge in [0.25, 0.3) is 0 Å². The molecule has 0 aliphatic carbocycles. The lowest BCUT2D eigenvalue weighted by molar-refractivity contribution is -0.148. The first-order valence-corrected chi connectivity index (χ1v) is 6.54. The highest BCUT2D eigenvalue weighted by atomic mass is 19.1. The van der Waals surface area contributed by atoms with Gasteiger partial charge in [-0.1, -0.05) is 0 Å². The molecule has 1 aromatic carbocycles. The predicted octanol–water partition coefficient (Wildman–Crippen LogP) is 3.25. The van der Waals surface area contributed by atoms with Crippen LogP contribution >= 0.6 is 0 Å². The Hall–Kier alpha value is -1.58. The Labute approximate surface area is 113 Å². The van der Waals surface area contributed by atoms with Crippen molar-refractivity contribution in [3.05, 3.63) is 29.6 Å². The Morgan fingerprint density at radius 1 is 1.47 bits per heavy atom. The number of halogens is 1. The van der Waals surface area contributed by atoms with E-state index < -0.39 is 11.4 Å². The predicted molar refractivity (Wildman–Crippen MR) is 73.0 cm³/mol. The molecule has 1 aromatic rings. The Balaban J connectivity index is 2.52. The Bertz CT molecular complexity index is 511. The first kappa shape index (κ1) is 13.8. The van der Waals surface area contributed by atoms with Crippen LogP contribution in [0, 0.1) is 11.2 Å². The number of benzene rings is 1. The van der Waals surface area contributed by atoms with Crippen molar-refractivity contribution in [2.75, 3.05) is 11.4 Å². The average Bonchev–Trinajstić information content (AvgIpc) is 2.67. The fourth-order valence-corrected chi connectivity index (χ4v) is 2.71. The highest BCUT2D eigenvalue weighted by molar-refractivity contribution is 5.77. The smallest absolute Gasteiger partial charge is 0.309 e. The third-order valence-corrected chi connectivity index (χ3v) is 4.10. The van der Waals surface area contributed by atoms with Gasteiger partial charge in [0.2, 0.25) is 0 Å². The standard InChI is InChI=1S/C15H20FNO2/c1-9(2)17-8-12(15(3,4)14(18)19)11-7-10(16)5-6-13(11)17/h5-7,9,12H,8H2,1-4H3,(H,18,19). The molecule has 0 bridgehead atoms. The van der Waals surface area contributed by atoms with Crippen molar-refractivity contribution in [2.24, 2.45) is 5.41 Å². The molecule has 0 aromatic heterocycles. The summed E-state index contributed by atoms with van der Waals surface area (Å²) < 4.78 is 13.5. The number of carboxylic acid groups (broad SMARTS) is 1. The summed E-state index contributed by atoms with van der Waals surface area (Å²) >= 11 is 0. The minimum atomic E-state index is -0.911. The van der Waals surface area contributed by atoms with Gasteiger partial charge >= 0.3 is 5.97 Å². The fourth-order valence-electron chi connectivity index (χ4n) is 2.71. The molecule has 1 unspecified atom stereocenters. The van der Waals surface area contributed by atoms with Crippen molar-refractivity contribution in [1.29, 1.82) is 0 Å². The molecule has 1 atom stereocenters. The number of aliphatic carboxylic acids is 1. The molecule has 104 valence electrons. The molecule has 0 amide bonds. The second-order valence-electron chi connectivity index (χ2n) is 6.03. The van der Waals surface area contributed by atoms with E-state index in [1.165, 1.54) is 12.1 Å². The van der Waals surface area contributed by atoms with E-state index >= 15 is 0 Å². The van der Waals surface area contributed by atoms with E-state index in [2.05, 4.69) is 18.7 Å². The highest BCUT2D eigenvalue weighted by Gasteiger charge is 2.44. The molecular formula is C15H20FNO2. The maximum atomic E-state index is 13.5. The van der Waals surface area contributed by atoms with Crippen LogP contribution < -0.4 is 4.90 Å². The highest BCUT2D eigenvalue weighted by Crippen LogP contribution is 2.46. The fraction of sp³-hybridized carbons (Fsp3) is 0.533. The summed E-state index contributed by atoms with van der Waals surface area (Å²) in [6.07, 6.45) is 0. The zero-order chi connectivity index (χ0) is 14.4. The molecular weight excluding hydrogens is 245 g/mol. The molecule has 0 fully saturated rings. The first-order chi connectivity index (χ1) is 8.75. The largest absolute Gasteiger partial charge is 0.481 e. The summed E-state index contributed by atoms with van der Waals surface area (Å²) in [5.41, 5.74) is 0.850. The SMILES string of the molecule is CC(C)N1CC(C(C)(C)C(=O)O)c2cc(F)ccc21. The van der Waals surface area contributed by atoms with Crippen LogP contribution in [0.5, 0.6) is 0 Å². The van der Waals surface area contributed by atoms with E-state index in [0.717, 1.165) is 11.3 Å². The van der Waals surface area contributed by atoms with Crippen molar-refractivity contribution >= 4 is 11.7 Å². The number of hydrogen-bond acceptors (Lipinski definition) is 2. The van der Waals surface area contributed by atoms with Crippen molar-refractivity contribution in [2.45, 2.75) is 39.7 Å². The van der Waals surface area contributed by atoms with E-state index in [1.54, 1.807) is 19.9 Å². The minimum absolute atomic E-state index is 0.196. The van der Waals surface area contributed by atoms with Crippen LogP contribution in [-0.4, -0.2) is 23.7 Å². The van der Waals surface area contributed by atoms with Crippen LogP contribution in [0.3, 0.4) is 0 Å². The maximum Gasteiger partial charge on any atom is 0.309 e. The molecule has 3 nitrogen and oxygen atoms in total. The lowest BCUT2D eigenvalue weighted by Crippen LogP contribution is -2.36. The van der Waals surface area contributed by atoms with Crippen LogP contribution in [0.4, 0.5) is 10.1 Å². The summed E-state index contributed by atoms with van der Waals surface area (Å²) in [6, 6.07) is 4.93. The van der Waals surface area contributed by atoms with Gasteiger partial charge in [0, 0.05) is 24.2 Å². The van der Waals surface area contributed by atoms with Crippen molar-refractivity contribution in [1.82, 2.24) is 0 Å². The summed E-state index contributed by atoms with van der Waals surface area (Å²) in [7, 11) is 0. The summed E-state index contributed by atoms with van der Waals surface area (Å²) in [4.78, 5) is 13.6. The van der Waals surface area contributed by atoms with Crippen LogP contribution in [-0.2, 0) is 4.79 Å². The van der Waals surface area contributed by atoms with Gasteiger partial charge in [0.15, 0.2) is 0 Å². The summed E-state index contributed by atoms with van der Waals surface area (Å²) in [5.74, 6) is -1.35. The van der Waals surface area contributed by atoms with Crippen molar-refractivity contribution in [3.63, 3.8) is 0 Å². The van der Waals surface area contributed by atoms with Gasteiger partial charge in [-0.25, -0.2) is 4.39 Å². The van der Waals surface area contributed by atoms with E-state index in [-0.39, 0.29) is 17.8 Å². The minimum Gasteiger partial charge on any atom is -0.481 e. The lowest BCUT2D eigenvalue weighted by Gasteiger charge is -2.29. The topological polar surface area (TPSA) is 40.5 Å². The third-order valence-electron chi connectivity index (χ3n) is 4.10. The second-order valence-corrected chi connectivity index (χ2v) is 6.03. The third kappa shape index (κ3) is 2.20. The molecule has 2 rings (SSSR count). The molecule has 1 aliphatic rings. The quantitative estimate of drug-likeness (QED) is 0.912. The van der Waals surface area contributed by atoms with Crippen LogP contribution in [0.15, 0.2) is 18.2 Å². The zero-order valence-corrected chi connectivity index (χ0v) is 11.8. The van der Waals surface area contributed by atoms with Crippen molar-refractivity contribution in [3.8, 4) is 0 Å². The molecule has 1 aliphatic heterocycles. The molecule has 0 saturated heterocycles. The van der Waals surface area contributed by atoms with Gasteiger partial charge in [-0.2, -0.15) is 0 Å². The molecule has 0 spiro atoms. The van der Waals surface area contributed by atoms with Gasteiger partial charge in [0.1, 0.15) is 5.82 Å². The second kappa shape index (κ2) is 4.51. The van der Waals surface area contributed by atoms with E-state index in [1.807, 2.05) is 0 Å². The summed E-state index contributed by atoms with van der Waals surface area (Å²) in [6.45, 7) is 8.15. The maximum absolute atomic E-state index is 13.5. The molecule has 4 heteroatoms. The van der Waals surface area contributed by atoms with Crippen molar-refractivity contribution < 1.29 is 14.3 Å². The molecule has 1 heterocycles. The molecule has 19 heavy (non-hydrogen) atoms. The van der Waals surface area contributed by atoms with Gasteiger partial charge in [-0.15, -0.1) is 0 Å². The monoisotopic (exact) mass is 265 g/mol. The molecule has 0 radical (unpaired) electrons. The van der Waals surface area contributed by atoms with Gasteiger partial charge in [-0.05, 0) is 51.5 Å². The summed E-state index contributed by atoms with van der Waals surface area (Å²) in [5, 5.41) is 9.41. The normalized spacial score (nSPS) is 18.8. The zero-order valence-electron chi connectivity index (χ0n) is 11.8. The van der Waals surface area contributed by atoms with Crippen LogP contribution in [0.25, 0.3) is 0 Å². The number of carboxylic acids is 1. The number of anilines is 1. The average molecular weight is 265 g/mol. The Kier molecular flexibility index (Phi) is 3.29. The Morgan fingerprint density at radius 3 is 2.63 bits per heavy atom. The number of nitrogens with zero attached hydrogens (tertiary/aromatic N) is 1. The first-order valence-electron chi connectivity index (χ1n) is 6.54. The number of rotatable bonds is 3. The molecule has 0 saturated carbocycles. The van der Waals surface area contributed by atoms with E-state index in [9.17, 15) is 14.3 Å². The number of carbonyl (C=O) groups is 1. The number of hydrogen-bond donors (Lipinski definition) is 1. The van der Waals surface area contributed by atoms with Gasteiger partial charge in [0.05, 0.1) is 5.41 Å². The van der Waals surface area contributed by atoms with Crippen LogP contribution in [0.2, 0.25) is 0 Å². The van der Waals surface area contributed by atoms with Gasteiger partial charge in [-0.3, -0.25) is 4.79 Å². The van der Waals surface area contributed by atoms with E-state index in [4.69, 9.17) is 0 Å². The van der Waals surface area contributed by atoms with E-state index in [0.29, 0.717) is 6.54 Å². The molecule has 1 N–H and O–H groups in total. The number of fused-ring (bicyclic) bond motifs is 1. The van der Waals surface area contributed by atoms with Gasteiger partial charge < -0.3 is 10.0 Å².